The van der Waals surface area contributed by atoms with Gasteiger partial charge in [0.1, 0.15) is 12.3 Å². The van der Waals surface area contributed by atoms with Gasteiger partial charge >= 0.3 is 12.3 Å². The molecule has 1 aliphatic heterocycles. The van der Waals surface area contributed by atoms with Gasteiger partial charge in [0, 0.05) is 19.5 Å². The van der Waals surface area contributed by atoms with Crippen LogP contribution in [0.25, 0.3) is 0 Å². The van der Waals surface area contributed by atoms with Gasteiger partial charge in [-0.2, -0.15) is 0 Å². The zero-order valence-electron chi connectivity index (χ0n) is 19.6. The van der Waals surface area contributed by atoms with Crippen LogP contribution in [0.4, 0.5) is 13.2 Å². The van der Waals surface area contributed by atoms with Crippen LogP contribution in [-0.2, 0) is 19.1 Å². The van der Waals surface area contributed by atoms with Crippen molar-refractivity contribution in [3.05, 3.63) is 66.0 Å². The summed E-state index contributed by atoms with van der Waals surface area (Å²) in [5.74, 6) is -0.824. The minimum absolute atomic E-state index is 0.0827. The maximum absolute atomic E-state index is 12.0. The first-order chi connectivity index (χ1) is 15.8. The molecule has 0 bridgehead atoms. The molecule has 0 saturated carbocycles. The van der Waals surface area contributed by atoms with E-state index in [1.807, 2.05) is 6.92 Å². The van der Waals surface area contributed by atoms with E-state index in [1.165, 1.54) is 30.9 Å². The second kappa shape index (κ2) is 13.2. The van der Waals surface area contributed by atoms with E-state index >= 15 is 0 Å². The van der Waals surface area contributed by atoms with E-state index in [-0.39, 0.29) is 42.6 Å². The summed E-state index contributed by atoms with van der Waals surface area (Å²) in [7, 11) is 0. The summed E-state index contributed by atoms with van der Waals surface area (Å²) in [5, 5.41) is 2.70. The molecule has 1 aromatic rings. The molecular formula is C24H29F3N2O5. The predicted octanol–water partition coefficient (Wildman–Crippen LogP) is 4.58. The average Bonchev–Trinajstić information content (AvgIpc) is 2.73. The first-order valence-corrected chi connectivity index (χ1v) is 10.4. The number of amides is 2. The lowest BCUT2D eigenvalue weighted by molar-refractivity contribution is -0.274. The molecule has 2 amide bonds. The summed E-state index contributed by atoms with van der Waals surface area (Å²) >= 11 is 0. The number of alkyl halides is 3. The molecule has 2 rings (SSSR count). The molecule has 1 unspecified atom stereocenters. The van der Waals surface area contributed by atoms with Gasteiger partial charge in [-0.05, 0) is 43.0 Å². The van der Waals surface area contributed by atoms with E-state index in [2.05, 4.69) is 16.6 Å². The van der Waals surface area contributed by atoms with Gasteiger partial charge in [-0.25, -0.2) is 0 Å². The van der Waals surface area contributed by atoms with Crippen molar-refractivity contribution in [2.75, 3.05) is 13.2 Å². The summed E-state index contributed by atoms with van der Waals surface area (Å²) in [5.41, 5.74) is 2.25. The molecule has 1 atom stereocenters. The number of rotatable bonds is 7. The highest BCUT2D eigenvalue weighted by atomic mass is 19.4. The number of nitrogens with one attached hydrogen (secondary N) is 1. The van der Waals surface area contributed by atoms with Gasteiger partial charge in [0.25, 0.3) is 0 Å². The number of esters is 1. The van der Waals surface area contributed by atoms with Crippen LogP contribution < -0.4 is 10.1 Å². The van der Waals surface area contributed by atoms with Crippen molar-refractivity contribution in [3.63, 3.8) is 0 Å². The Bertz CT molecular complexity index is 937. The van der Waals surface area contributed by atoms with Crippen molar-refractivity contribution in [3.8, 4) is 5.75 Å². The Balaban J connectivity index is 0.000000350. The van der Waals surface area contributed by atoms with Crippen LogP contribution in [0.15, 0.2) is 60.5 Å². The lowest BCUT2D eigenvalue weighted by Crippen LogP contribution is -2.44. The fraction of sp³-hybridized carbons (Fsp3) is 0.375. The van der Waals surface area contributed by atoms with Crippen LogP contribution in [0.2, 0.25) is 0 Å². The smallest absolute Gasteiger partial charge is 0.466 e. The number of carbonyl (C=O) groups is 3. The Hall–Kier alpha value is -3.56. The van der Waals surface area contributed by atoms with Crippen molar-refractivity contribution in [1.82, 2.24) is 10.2 Å². The van der Waals surface area contributed by atoms with Crippen molar-refractivity contribution in [2.45, 2.75) is 46.4 Å². The van der Waals surface area contributed by atoms with Gasteiger partial charge in [0.2, 0.25) is 11.8 Å². The third kappa shape index (κ3) is 10.4. The quantitative estimate of drug-likeness (QED) is 0.454. The predicted molar refractivity (Wildman–Crippen MR) is 120 cm³/mol. The summed E-state index contributed by atoms with van der Waals surface area (Å²) in [6.45, 7) is 10.4. The number of ether oxygens (including phenoxy) is 2. The molecule has 0 aliphatic carbocycles. The topological polar surface area (TPSA) is 84.9 Å². The number of halogens is 3. The zero-order valence-corrected chi connectivity index (χ0v) is 19.6. The molecule has 1 heterocycles. The summed E-state index contributed by atoms with van der Waals surface area (Å²) in [6.07, 6.45) is 0.971. The second-order valence-electron chi connectivity index (χ2n) is 7.39. The maximum atomic E-state index is 12.0. The average molecular weight is 482 g/mol. The van der Waals surface area contributed by atoms with E-state index in [0.29, 0.717) is 12.1 Å². The van der Waals surface area contributed by atoms with Gasteiger partial charge in [0.15, 0.2) is 0 Å². The zero-order chi connectivity index (χ0) is 25.9. The Kier molecular flexibility index (Phi) is 11.1. The van der Waals surface area contributed by atoms with Crippen molar-refractivity contribution in [1.29, 1.82) is 0 Å². The van der Waals surface area contributed by atoms with Gasteiger partial charge in [-0.3, -0.25) is 14.4 Å². The monoisotopic (exact) mass is 482 g/mol. The molecular weight excluding hydrogens is 453 g/mol. The highest BCUT2D eigenvalue weighted by molar-refractivity contribution is 5.88. The van der Waals surface area contributed by atoms with Crippen LogP contribution in [0.3, 0.4) is 0 Å². The molecule has 1 aliphatic rings. The van der Waals surface area contributed by atoms with Crippen molar-refractivity contribution in [2.24, 2.45) is 0 Å². The molecule has 10 heteroatoms. The summed E-state index contributed by atoms with van der Waals surface area (Å²) in [6, 6.07) is 5.68. The van der Waals surface area contributed by atoms with Crippen LogP contribution in [0, 0.1) is 0 Å². The van der Waals surface area contributed by atoms with Crippen molar-refractivity contribution >= 4 is 17.8 Å². The molecule has 186 valence electrons. The first-order valence-electron chi connectivity index (χ1n) is 10.4. The van der Waals surface area contributed by atoms with E-state index in [4.69, 9.17) is 4.74 Å². The highest BCUT2D eigenvalue weighted by Crippen LogP contribution is 2.26. The van der Waals surface area contributed by atoms with Crippen LogP contribution in [0.5, 0.6) is 5.75 Å². The fourth-order valence-electron chi connectivity index (χ4n) is 2.91. The largest absolute Gasteiger partial charge is 0.573 e. The van der Waals surface area contributed by atoms with Crippen LogP contribution in [0.1, 0.15) is 45.6 Å². The van der Waals surface area contributed by atoms with Gasteiger partial charge in [-0.1, -0.05) is 37.8 Å². The van der Waals surface area contributed by atoms with Gasteiger partial charge < -0.3 is 19.7 Å². The second-order valence-corrected chi connectivity index (χ2v) is 7.39. The van der Waals surface area contributed by atoms with Gasteiger partial charge in [-0.15, -0.1) is 13.2 Å². The third-order valence-electron chi connectivity index (χ3n) is 4.69. The number of hydrogen-bond acceptors (Lipinski definition) is 5. The lowest BCUT2D eigenvalue weighted by atomic mass is 9.98. The lowest BCUT2D eigenvalue weighted by Gasteiger charge is -2.28. The molecule has 0 aromatic heterocycles. The number of nitrogens with zero attached hydrogens (tertiary/aromatic N) is 1. The molecule has 0 radical (unpaired) electrons. The molecule has 0 fully saturated rings. The SMILES string of the molecule is C=C/C=C\C1=C(C)N(C(C)=O)CC(=O)N1.CC(=O)OCCC(C)c1ccc(OC(F)(F)F)cc1. The first kappa shape index (κ1) is 28.5. The van der Waals surface area contributed by atoms with E-state index < -0.39 is 6.36 Å². The van der Waals surface area contributed by atoms with E-state index in [9.17, 15) is 27.6 Å². The minimum atomic E-state index is -4.68. The Labute approximate surface area is 196 Å². The summed E-state index contributed by atoms with van der Waals surface area (Å²) in [4.78, 5) is 34.6. The minimum Gasteiger partial charge on any atom is -0.466 e. The Morgan fingerprint density at radius 3 is 2.35 bits per heavy atom. The van der Waals surface area contributed by atoms with Crippen molar-refractivity contribution < 1.29 is 37.0 Å². The van der Waals surface area contributed by atoms with Gasteiger partial charge in [0.05, 0.1) is 12.3 Å². The molecule has 34 heavy (non-hydrogen) atoms. The van der Waals surface area contributed by atoms with Crippen LogP contribution >= 0.6 is 0 Å². The number of allylic oxidation sites excluding steroid dienone is 4. The Morgan fingerprint density at radius 1 is 1.24 bits per heavy atom. The fourth-order valence-corrected chi connectivity index (χ4v) is 2.91. The van der Waals surface area contributed by atoms with E-state index in [1.54, 1.807) is 37.3 Å². The normalized spacial score (nSPS) is 14.7. The van der Waals surface area contributed by atoms with Crippen LogP contribution in [-0.4, -0.2) is 42.2 Å². The number of carbonyl (C=O) groups excluding carboxylic acids is 3. The third-order valence-corrected chi connectivity index (χ3v) is 4.69. The molecule has 1 aromatic carbocycles. The van der Waals surface area contributed by atoms with E-state index in [0.717, 1.165) is 11.3 Å². The Morgan fingerprint density at radius 2 is 1.85 bits per heavy atom. The summed E-state index contributed by atoms with van der Waals surface area (Å²) < 4.78 is 44.5. The molecule has 0 spiro atoms. The maximum Gasteiger partial charge on any atom is 0.573 e. The number of hydrogen-bond donors (Lipinski definition) is 1. The highest BCUT2D eigenvalue weighted by Gasteiger charge is 2.31. The standard InChI is InChI=1S/C13H15F3O3.C11H14N2O2/c1-9(7-8-18-10(2)17)11-3-5-12(6-4-11)19-13(14,15)16;1-4-5-6-10-8(2)13(9(3)14)7-11(15)12-10/h3-6,9H,7-8H2,1-2H3;4-6H,1,7H2,2-3H3,(H,12,15)/b;6-5-. The molecule has 1 N–H and O–H groups in total. The molecule has 0 saturated heterocycles. The number of benzene rings is 1. The molecule has 7 nitrogen and oxygen atoms in total.